The van der Waals surface area contributed by atoms with Crippen LogP contribution in [0.15, 0.2) is 30.9 Å². The average molecular weight is 271 g/mol. The first kappa shape index (κ1) is 16.8. The van der Waals surface area contributed by atoms with E-state index < -0.39 is 0 Å². The van der Waals surface area contributed by atoms with Gasteiger partial charge in [-0.25, -0.2) is 0 Å². The van der Waals surface area contributed by atoms with Gasteiger partial charge in [0.25, 0.3) is 0 Å². The average Bonchev–Trinajstić information content (AvgIpc) is 2.31. The molecule has 0 unspecified atom stereocenters. The van der Waals surface area contributed by atoms with Crippen molar-refractivity contribution in [2.75, 3.05) is 18.0 Å². The highest BCUT2D eigenvalue weighted by molar-refractivity contribution is 5.85. The molecule has 0 bridgehead atoms. The Labute approximate surface area is 116 Å². The van der Waals surface area contributed by atoms with E-state index in [2.05, 4.69) is 25.3 Å². The summed E-state index contributed by atoms with van der Waals surface area (Å²) in [5, 5.41) is 9.99. The van der Waals surface area contributed by atoms with Crippen LogP contribution in [0.1, 0.15) is 31.9 Å². The molecule has 0 heterocycles. The Hall–Kier alpha value is -1.19. The zero-order chi connectivity index (χ0) is 12.8. The lowest BCUT2D eigenvalue weighted by molar-refractivity contribution is 0.461. The van der Waals surface area contributed by atoms with Crippen molar-refractivity contribution in [3.05, 3.63) is 36.4 Å². The zero-order valence-electron chi connectivity index (χ0n) is 11.1. The van der Waals surface area contributed by atoms with Crippen LogP contribution in [0.3, 0.4) is 0 Å². The smallest absolute Gasteiger partial charge is 0.122 e. The number of halogens is 1. The summed E-state index contributed by atoms with van der Waals surface area (Å²) in [5.74, 6) is 0.267. The minimum Gasteiger partial charge on any atom is -0.508 e. The van der Waals surface area contributed by atoms with Gasteiger partial charge in [-0.1, -0.05) is 12.1 Å². The molecule has 4 heteroatoms. The molecule has 0 aliphatic rings. The summed E-state index contributed by atoms with van der Waals surface area (Å²) in [6, 6.07) is 5.51. The van der Waals surface area contributed by atoms with E-state index in [1.54, 1.807) is 12.1 Å². The third-order valence-corrected chi connectivity index (χ3v) is 2.96. The van der Waals surface area contributed by atoms with E-state index in [0.29, 0.717) is 6.42 Å². The van der Waals surface area contributed by atoms with Gasteiger partial charge in [0.2, 0.25) is 0 Å². The number of aromatic hydroxyl groups is 1. The predicted octanol–water partition coefficient (Wildman–Crippen LogP) is 3.24. The fourth-order valence-corrected chi connectivity index (χ4v) is 1.94. The first-order chi connectivity index (χ1) is 8.13. The Kier molecular flexibility index (Phi) is 7.48. The van der Waals surface area contributed by atoms with Crippen molar-refractivity contribution in [3.63, 3.8) is 0 Å². The molecule has 1 rings (SSSR count). The van der Waals surface area contributed by atoms with Crippen molar-refractivity contribution in [1.82, 2.24) is 0 Å². The predicted molar refractivity (Wildman–Crippen MR) is 80.7 cm³/mol. The monoisotopic (exact) mass is 270 g/mol. The van der Waals surface area contributed by atoms with Crippen LogP contribution < -0.4 is 10.6 Å². The van der Waals surface area contributed by atoms with E-state index in [1.165, 1.54) is 0 Å². The van der Waals surface area contributed by atoms with Crippen molar-refractivity contribution in [1.29, 1.82) is 0 Å². The van der Waals surface area contributed by atoms with Crippen LogP contribution in [-0.2, 0) is 0 Å². The Morgan fingerprint density at radius 1 is 1.39 bits per heavy atom. The lowest BCUT2D eigenvalue weighted by Crippen LogP contribution is -2.21. The largest absolute Gasteiger partial charge is 0.508 e. The maximum atomic E-state index is 9.99. The van der Waals surface area contributed by atoms with Crippen LogP contribution in [0.25, 0.3) is 0 Å². The molecule has 0 spiro atoms. The number of benzene rings is 1. The molecule has 1 aromatic carbocycles. The second kappa shape index (κ2) is 8.01. The standard InChI is InChI=1S/C14H22N2O.ClH/c1-4-7-13(15)12-9-8-11(10-14(12)17)16(5-2)6-3;/h4,8-10,13,17H,1,5-7,15H2,2-3H3;1H/t13-;/m0./s1. The van der Waals surface area contributed by atoms with Gasteiger partial charge in [0.1, 0.15) is 5.75 Å². The fourth-order valence-electron chi connectivity index (χ4n) is 1.94. The summed E-state index contributed by atoms with van der Waals surface area (Å²) >= 11 is 0. The van der Waals surface area contributed by atoms with Crippen LogP contribution in [-0.4, -0.2) is 18.2 Å². The third-order valence-electron chi connectivity index (χ3n) is 2.96. The van der Waals surface area contributed by atoms with Crippen LogP contribution in [0.4, 0.5) is 5.69 Å². The van der Waals surface area contributed by atoms with Gasteiger partial charge in [-0.2, -0.15) is 0 Å². The second-order valence-corrected chi connectivity index (χ2v) is 4.05. The molecule has 0 saturated heterocycles. The van der Waals surface area contributed by atoms with Crippen LogP contribution in [0.5, 0.6) is 5.75 Å². The number of rotatable bonds is 6. The van der Waals surface area contributed by atoms with Gasteiger partial charge in [-0.3, -0.25) is 0 Å². The molecule has 0 radical (unpaired) electrons. The van der Waals surface area contributed by atoms with E-state index in [4.69, 9.17) is 5.73 Å². The van der Waals surface area contributed by atoms with E-state index in [-0.39, 0.29) is 24.2 Å². The molecule has 1 aromatic rings. The van der Waals surface area contributed by atoms with Crippen LogP contribution in [0, 0.1) is 0 Å². The van der Waals surface area contributed by atoms with Crippen molar-refractivity contribution in [3.8, 4) is 5.75 Å². The highest BCUT2D eigenvalue weighted by Crippen LogP contribution is 2.29. The molecule has 0 amide bonds. The number of nitrogens with two attached hydrogens (primary N) is 1. The fraction of sp³-hybridized carbons (Fsp3) is 0.429. The minimum atomic E-state index is -0.182. The summed E-state index contributed by atoms with van der Waals surface area (Å²) in [5.41, 5.74) is 7.76. The first-order valence-corrected chi connectivity index (χ1v) is 6.08. The molecule has 3 nitrogen and oxygen atoms in total. The molecular formula is C14H23ClN2O. The van der Waals surface area contributed by atoms with E-state index in [0.717, 1.165) is 24.3 Å². The summed E-state index contributed by atoms with van der Waals surface area (Å²) in [6.07, 6.45) is 2.43. The number of nitrogens with zero attached hydrogens (tertiary/aromatic N) is 1. The first-order valence-electron chi connectivity index (χ1n) is 6.08. The normalized spacial score (nSPS) is 11.5. The highest BCUT2D eigenvalue weighted by atomic mass is 35.5. The Balaban J connectivity index is 0.00000289. The number of phenols is 1. The van der Waals surface area contributed by atoms with Crippen molar-refractivity contribution < 1.29 is 5.11 Å². The highest BCUT2D eigenvalue weighted by Gasteiger charge is 2.11. The molecule has 18 heavy (non-hydrogen) atoms. The lowest BCUT2D eigenvalue weighted by atomic mass is 10.0. The van der Waals surface area contributed by atoms with Crippen molar-refractivity contribution >= 4 is 18.1 Å². The summed E-state index contributed by atoms with van der Waals surface area (Å²) < 4.78 is 0. The molecule has 0 aliphatic heterocycles. The number of hydrogen-bond donors (Lipinski definition) is 2. The molecule has 102 valence electrons. The number of hydrogen-bond acceptors (Lipinski definition) is 3. The molecule has 0 fully saturated rings. The number of phenolic OH excluding ortho intramolecular Hbond substituents is 1. The van der Waals surface area contributed by atoms with E-state index in [1.807, 2.05) is 12.1 Å². The number of anilines is 1. The third kappa shape index (κ3) is 3.93. The molecule has 0 aliphatic carbocycles. The van der Waals surface area contributed by atoms with E-state index >= 15 is 0 Å². The second-order valence-electron chi connectivity index (χ2n) is 4.05. The zero-order valence-corrected chi connectivity index (χ0v) is 11.9. The Morgan fingerprint density at radius 2 is 2.00 bits per heavy atom. The quantitative estimate of drug-likeness (QED) is 0.781. The van der Waals surface area contributed by atoms with E-state index in [9.17, 15) is 5.11 Å². The van der Waals surface area contributed by atoms with Gasteiger partial charge >= 0.3 is 0 Å². The van der Waals surface area contributed by atoms with Gasteiger partial charge in [-0.15, -0.1) is 19.0 Å². The van der Waals surface area contributed by atoms with Crippen LogP contribution in [0.2, 0.25) is 0 Å². The molecule has 1 atom stereocenters. The van der Waals surface area contributed by atoms with Gasteiger partial charge in [0.05, 0.1) is 0 Å². The minimum absolute atomic E-state index is 0. The Bertz CT molecular complexity index is 378. The summed E-state index contributed by atoms with van der Waals surface area (Å²) in [7, 11) is 0. The topological polar surface area (TPSA) is 49.5 Å². The molecule has 3 N–H and O–H groups in total. The summed E-state index contributed by atoms with van der Waals surface area (Å²) in [4.78, 5) is 2.18. The van der Waals surface area contributed by atoms with Gasteiger partial charge in [0, 0.05) is 36.4 Å². The molecule has 0 aromatic heterocycles. The van der Waals surface area contributed by atoms with Gasteiger partial charge < -0.3 is 15.7 Å². The maximum Gasteiger partial charge on any atom is 0.122 e. The molecular weight excluding hydrogens is 248 g/mol. The van der Waals surface area contributed by atoms with Gasteiger partial charge in [-0.05, 0) is 26.3 Å². The molecule has 0 saturated carbocycles. The van der Waals surface area contributed by atoms with Crippen molar-refractivity contribution in [2.24, 2.45) is 5.73 Å². The Morgan fingerprint density at radius 3 is 2.44 bits per heavy atom. The SMILES string of the molecule is C=CC[C@H](N)c1ccc(N(CC)CC)cc1O.Cl. The van der Waals surface area contributed by atoms with Crippen molar-refractivity contribution in [2.45, 2.75) is 26.3 Å². The van der Waals surface area contributed by atoms with Gasteiger partial charge in [0.15, 0.2) is 0 Å². The van der Waals surface area contributed by atoms with Crippen LogP contribution >= 0.6 is 12.4 Å². The maximum absolute atomic E-state index is 9.99. The lowest BCUT2D eigenvalue weighted by Gasteiger charge is -2.22. The summed E-state index contributed by atoms with van der Waals surface area (Å²) in [6.45, 7) is 9.70.